The van der Waals surface area contributed by atoms with Crippen LogP contribution in [0.4, 0.5) is 13.2 Å². The van der Waals surface area contributed by atoms with Crippen molar-refractivity contribution in [1.29, 1.82) is 0 Å². The van der Waals surface area contributed by atoms with Gasteiger partial charge < -0.3 is 4.74 Å². The molecule has 0 heterocycles. The molecule has 0 bridgehead atoms. The minimum absolute atomic E-state index is 0.201. The van der Waals surface area contributed by atoms with Crippen LogP contribution in [-0.4, -0.2) is 19.2 Å². The number of ether oxygens (including phenoxy) is 1. The maximum atomic E-state index is 12.6. The number of carbonyl (C=O) groups excluding carboxylic acids is 1. The predicted molar refractivity (Wildman–Crippen MR) is 91.6 cm³/mol. The standard InChI is InChI=1S/C17H14BrF3N2O2/c1-25-15-6-5-12(8-14(15)18)10-22-23-16(24)9-11-3-2-4-13(7-11)17(19,20)21/h2-8,10H,9H2,1H3,(H,23,24)/b22-10-. The molecule has 0 aliphatic rings. The molecule has 0 atom stereocenters. The van der Waals surface area contributed by atoms with Gasteiger partial charge in [-0.2, -0.15) is 18.3 Å². The summed E-state index contributed by atoms with van der Waals surface area (Å²) in [4.78, 5) is 11.8. The van der Waals surface area contributed by atoms with Crippen LogP contribution in [0.3, 0.4) is 0 Å². The number of hydrogen-bond acceptors (Lipinski definition) is 3. The third kappa shape index (κ3) is 5.60. The summed E-state index contributed by atoms with van der Waals surface area (Å²) in [5.74, 6) is 0.147. The third-order valence-corrected chi connectivity index (χ3v) is 3.82. The Morgan fingerprint density at radius 3 is 2.68 bits per heavy atom. The monoisotopic (exact) mass is 414 g/mol. The highest BCUT2D eigenvalue weighted by molar-refractivity contribution is 9.10. The lowest BCUT2D eigenvalue weighted by atomic mass is 10.1. The first kappa shape index (κ1) is 19.0. The predicted octanol–water partition coefficient (Wildman–Crippen LogP) is 4.17. The maximum Gasteiger partial charge on any atom is 0.416 e. The summed E-state index contributed by atoms with van der Waals surface area (Å²) in [5.41, 5.74) is 2.47. The van der Waals surface area contributed by atoms with Gasteiger partial charge in [0.15, 0.2) is 0 Å². The lowest BCUT2D eigenvalue weighted by molar-refractivity contribution is -0.137. The number of nitrogens with one attached hydrogen (secondary N) is 1. The zero-order valence-corrected chi connectivity index (χ0v) is 14.7. The number of hydrogen-bond donors (Lipinski definition) is 1. The first-order chi connectivity index (χ1) is 11.8. The molecule has 25 heavy (non-hydrogen) atoms. The fourth-order valence-electron chi connectivity index (χ4n) is 2.02. The number of rotatable bonds is 5. The molecule has 132 valence electrons. The molecule has 0 fully saturated rings. The van der Waals surface area contributed by atoms with Crippen LogP contribution in [0.1, 0.15) is 16.7 Å². The summed E-state index contributed by atoms with van der Waals surface area (Å²) in [6.07, 6.45) is -3.21. The molecule has 0 aliphatic heterocycles. The molecule has 2 aromatic carbocycles. The fraction of sp³-hybridized carbons (Fsp3) is 0.176. The first-order valence-corrected chi connectivity index (χ1v) is 7.90. The molecule has 1 amide bonds. The van der Waals surface area contributed by atoms with E-state index in [9.17, 15) is 18.0 Å². The van der Waals surface area contributed by atoms with E-state index in [2.05, 4.69) is 26.5 Å². The van der Waals surface area contributed by atoms with E-state index in [1.807, 2.05) is 0 Å². The second kappa shape index (κ2) is 8.15. The van der Waals surface area contributed by atoms with E-state index in [1.54, 1.807) is 25.3 Å². The summed E-state index contributed by atoms with van der Waals surface area (Å²) in [6.45, 7) is 0. The van der Waals surface area contributed by atoms with E-state index in [0.29, 0.717) is 11.3 Å². The zero-order chi connectivity index (χ0) is 18.4. The highest BCUT2D eigenvalue weighted by Gasteiger charge is 2.30. The minimum Gasteiger partial charge on any atom is -0.496 e. The zero-order valence-electron chi connectivity index (χ0n) is 13.1. The number of amides is 1. The van der Waals surface area contributed by atoms with Crippen molar-refractivity contribution in [2.24, 2.45) is 5.10 Å². The largest absolute Gasteiger partial charge is 0.496 e. The van der Waals surface area contributed by atoms with Gasteiger partial charge in [-0.25, -0.2) is 5.43 Å². The quantitative estimate of drug-likeness (QED) is 0.589. The van der Waals surface area contributed by atoms with Gasteiger partial charge in [-0.05, 0) is 51.3 Å². The van der Waals surface area contributed by atoms with Crippen molar-refractivity contribution in [3.8, 4) is 5.75 Å². The van der Waals surface area contributed by atoms with E-state index < -0.39 is 17.6 Å². The fourth-order valence-corrected chi connectivity index (χ4v) is 2.58. The molecule has 0 saturated heterocycles. The van der Waals surface area contributed by atoms with E-state index in [-0.39, 0.29) is 12.0 Å². The Labute approximate surface area is 150 Å². The Balaban J connectivity index is 1.96. The molecule has 2 rings (SSSR count). The number of methoxy groups -OCH3 is 1. The van der Waals surface area contributed by atoms with Crippen LogP contribution >= 0.6 is 15.9 Å². The van der Waals surface area contributed by atoms with Crippen LogP contribution in [0.5, 0.6) is 5.75 Å². The van der Waals surface area contributed by atoms with Crippen molar-refractivity contribution in [1.82, 2.24) is 5.43 Å². The van der Waals surface area contributed by atoms with E-state index >= 15 is 0 Å². The maximum absolute atomic E-state index is 12.6. The normalized spacial score (nSPS) is 11.6. The Hall–Kier alpha value is -2.35. The summed E-state index contributed by atoms with van der Waals surface area (Å²) in [6, 6.07) is 9.86. The molecule has 0 saturated carbocycles. The lowest BCUT2D eigenvalue weighted by Crippen LogP contribution is -2.20. The molecule has 1 N–H and O–H groups in total. The van der Waals surface area contributed by atoms with Gasteiger partial charge in [0.05, 0.1) is 29.8 Å². The van der Waals surface area contributed by atoms with Gasteiger partial charge in [-0.3, -0.25) is 4.79 Å². The summed E-state index contributed by atoms with van der Waals surface area (Å²) < 4.78 is 43.8. The number of carbonyl (C=O) groups is 1. The van der Waals surface area contributed by atoms with E-state index in [0.717, 1.165) is 16.6 Å². The molecular formula is C17H14BrF3N2O2. The van der Waals surface area contributed by atoms with Gasteiger partial charge in [0.2, 0.25) is 5.91 Å². The molecule has 4 nitrogen and oxygen atoms in total. The first-order valence-electron chi connectivity index (χ1n) is 7.11. The van der Waals surface area contributed by atoms with Gasteiger partial charge >= 0.3 is 6.18 Å². The third-order valence-electron chi connectivity index (χ3n) is 3.20. The Bertz CT molecular complexity index is 792. The van der Waals surface area contributed by atoms with Crippen molar-refractivity contribution in [3.05, 3.63) is 63.6 Å². The van der Waals surface area contributed by atoms with Crippen LogP contribution in [0, 0.1) is 0 Å². The number of hydrazone groups is 1. The molecule has 0 unspecified atom stereocenters. The van der Waals surface area contributed by atoms with Gasteiger partial charge in [-0.15, -0.1) is 0 Å². The van der Waals surface area contributed by atoms with Crippen molar-refractivity contribution in [3.63, 3.8) is 0 Å². The molecule has 2 aromatic rings. The highest BCUT2D eigenvalue weighted by Crippen LogP contribution is 2.29. The Morgan fingerprint density at radius 1 is 1.28 bits per heavy atom. The summed E-state index contributed by atoms with van der Waals surface area (Å²) >= 11 is 3.33. The van der Waals surface area contributed by atoms with Crippen LogP contribution in [0.2, 0.25) is 0 Å². The van der Waals surface area contributed by atoms with Gasteiger partial charge in [0.1, 0.15) is 5.75 Å². The molecule has 0 aromatic heterocycles. The van der Waals surface area contributed by atoms with Gasteiger partial charge in [0.25, 0.3) is 0 Å². The second-order valence-electron chi connectivity index (χ2n) is 5.06. The molecule has 0 radical (unpaired) electrons. The minimum atomic E-state index is -4.44. The number of halogens is 4. The van der Waals surface area contributed by atoms with Crippen molar-refractivity contribution in [2.75, 3.05) is 7.11 Å². The van der Waals surface area contributed by atoms with Crippen molar-refractivity contribution >= 4 is 28.1 Å². The Kier molecular flexibility index (Phi) is 6.19. The molecule has 8 heteroatoms. The average molecular weight is 415 g/mol. The van der Waals surface area contributed by atoms with Crippen LogP contribution in [0.25, 0.3) is 0 Å². The SMILES string of the molecule is COc1ccc(/C=N\NC(=O)Cc2cccc(C(F)(F)F)c2)cc1Br. The average Bonchev–Trinajstić information content (AvgIpc) is 2.54. The van der Waals surface area contributed by atoms with Crippen molar-refractivity contribution in [2.45, 2.75) is 12.6 Å². The lowest BCUT2D eigenvalue weighted by Gasteiger charge is -2.08. The molecule has 0 spiro atoms. The smallest absolute Gasteiger partial charge is 0.416 e. The van der Waals surface area contributed by atoms with Gasteiger partial charge in [-0.1, -0.05) is 18.2 Å². The summed E-state index contributed by atoms with van der Waals surface area (Å²) in [7, 11) is 1.54. The van der Waals surface area contributed by atoms with Gasteiger partial charge in [0, 0.05) is 0 Å². The van der Waals surface area contributed by atoms with Crippen molar-refractivity contribution < 1.29 is 22.7 Å². The van der Waals surface area contributed by atoms with E-state index in [4.69, 9.17) is 4.74 Å². The van der Waals surface area contributed by atoms with Crippen LogP contribution in [-0.2, 0) is 17.4 Å². The topological polar surface area (TPSA) is 50.7 Å². The number of nitrogens with zero attached hydrogens (tertiary/aromatic N) is 1. The Morgan fingerprint density at radius 2 is 2.04 bits per heavy atom. The summed E-state index contributed by atoms with van der Waals surface area (Å²) in [5, 5.41) is 3.80. The second-order valence-corrected chi connectivity index (χ2v) is 5.92. The molecular weight excluding hydrogens is 401 g/mol. The highest BCUT2D eigenvalue weighted by atomic mass is 79.9. The van der Waals surface area contributed by atoms with E-state index in [1.165, 1.54) is 18.3 Å². The number of alkyl halides is 3. The van der Waals surface area contributed by atoms with Crippen LogP contribution in [0.15, 0.2) is 52.0 Å². The van der Waals surface area contributed by atoms with Crippen LogP contribution < -0.4 is 10.2 Å². The molecule has 0 aliphatic carbocycles. The number of benzene rings is 2.